The van der Waals surface area contributed by atoms with E-state index in [1.165, 1.54) is 39.8 Å². The van der Waals surface area contributed by atoms with E-state index in [9.17, 15) is 0 Å². The Labute approximate surface area is 155 Å². The molecule has 0 radical (unpaired) electrons. The molecule has 2 atom stereocenters. The van der Waals surface area contributed by atoms with Gasteiger partial charge in [-0.05, 0) is 65.3 Å². The standard InChI is InChI=1S/C21H29BrN2/c1-15(2)8-10-21-11-13-23(5)20(21)24(12-9-16(3)4)19-14-17(22)6-7-18(19)21/h6-9,14,20H,10-13H2,1-5H3/t20-,21+/m1/s1. The van der Waals surface area contributed by atoms with Crippen LogP contribution in [0.1, 0.15) is 46.1 Å². The normalized spacial score (nSPS) is 25.4. The van der Waals surface area contributed by atoms with E-state index < -0.39 is 0 Å². The van der Waals surface area contributed by atoms with Crippen LogP contribution >= 0.6 is 15.9 Å². The summed E-state index contributed by atoms with van der Waals surface area (Å²) in [6.07, 6.45) is 7.60. The number of fused-ring (bicyclic) bond motifs is 3. The van der Waals surface area contributed by atoms with Gasteiger partial charge in [0.1, 0.15) is 0 Å². The zero-order chi connectivity index (χ0) is 17.5. The largest absolute Gasteiger partial charge is 0.351 e. The maximum absolute atomic E-state index is 3.68. The van der Waals surface area contributed by atoms with E-state index in [1.54, 1.807) is 0 Å². The third kappa shape index (κ3) is 2.97. The van der Waals surface area contributed by atoms with E-state index in [2.05, 4.69) is 90.8 Å². The van der Waals surface area contributed by atoms with Crippen molar-refractivity contribution in [3.63, 3.8) is 0 Å². The second-order valence-corrected chi connectivity index (χ2v) is 8.76. The number of likely N-dealkylation sites (tertiary alicyclic amines) is 1. The number of allylic oxidation sites excluding steroid dienone is 3. The van der Waals surface area contributed by atoms with Crippen molar-refractivity contribution in [2.45, 2.75) is 52.1 Å². The highest BCUT2D eigenvalue weighted by Gasteiger charge is 2.55. The predicted octanol–water partition coefficient (Wildman–Crippen LogP) is 5.49. The molecule has 0 amide bonds. The summed E-state index contributed by atoms with van der Waals surface area (Å²) in [5.74, 6) is 0. The van der Waals surface area contributed by atoms with Gasteiger partial charge < -0.3 is 4.90 Å². The van der Waals surface area contributed by atoms with Crippen LogP contribution in [0, 0.1) is 0 Å². The molecule has 1 fully saturated rings. The smallest absolute Gasteiger partial charge is 0.0923 e. The molecular formula is C21H29BrN2. The van der Waals surface area contributed by atoms with Crippen LogP contribution < -0.4 is 4.90 Å². The predicted molar refractivity (Wildman–Crippen MR) is 108 cm³/mol. The molecular weight excluding hydrogens is 360 g/mol. The van der Waals surface area contributed by atoms with Crippen molar-refractivity contribution in [1.82, 2.24) is 4.90 Å². The maximum atomic E-state index is 3.68. The lowest BCUT2D eigenvalue weighted by Gasteiger charge is -2.36. The van der Waals surface area contributed by atoms with Gasteiger partial charge in [-0.3, -0.25) is 4.90 Å². The second kappa shape index (κ2) is 6.68. The minimum atomic E-state index is 0.220. The molecule has 2 nitrogen and oxygen atoms in total. The third-order valence-corrected chi connectivity index (χ3v) is 5.99. The lowest BCUT2D eigenvalue weighted by atomic mass is 9.76. The van der Waals surface area contributed by atoms with Crippen molar-refractivity contribution in [3.05, 3.63) is 51.5 Å². The van der Waals surface area contributed by atoms with E-state index in [0.717, 1.165) is 13.0 Å². The minimum Gasteiger partial charge on any atom is -0.351 e. The zero-order valence-corrected chi connectivity index (χ0v) is 17.2. The van der Waals surface area contributed by atoms with E-state index >= 15 is 0 Å². The Kier molecular flexibility index (Phi) is 4.94. The van der Waals surface area contributed by atoms with Crippen molar-refractivity contribution in [2.24, 2.45) is 0 Å². The minimum absolute atomic E-state index is 0.220. The van der Waals surface area contributed by atoms with Gasteiger partial charge in [0, 0.05) is 28.7 Å². The van der Waals surface area contributed by atoms with Gasteiger partial charge in [0.15, 0.2) is 0 Å². The zero-order valence-electron chi connectivity index (χ0n) is 15.6. The molecule has 1 saturated heterocycles. The highest BCUT2D eigenvalue weighted by atomic mass is 79.9. The van der Waals surface area contributed by atoms with Crippen LogP contribution in [0.3, 0.4) is 0 Å². The summed E-state index contributed by atoms with van der Waals surface area (Å²) in [7, 11) is 2.28. The van der Waals surface area contributed by atoms with Crippen LogP contribution in [-0.2, 0) is 5.41 Å². The average Bonchev–Trinajstić information content (AvgIpc) is 2.97. The second-order valence-electron chi connectivity index (χ2n) is 7.84. The number of hydrogen-bond acceptors (Lipinski definition) is 2. The molecule has 1 aromatic carbocycles. The molecule has 2 aliphatic heterocycles. The molecule has 0 aliphatic carbocycles. The van der Waals surface area contributed by atoms with Crippen LogP contribution in [-0.4, -0.2) is 31.2 Å². The number of benzene rings is 1. The van der Waals surface area contributed by atoms with Crippen LogP contribution in [0.15, 0.2) is 46.0 Å². The topological polar surface area (TPSA) is 6.48 Å². The fourth-order valence-electron chi connectivity index (χ4n) is 4.34. The molecule has 3 heteroatoms. The van der Waals surface area contributed by atoms with Crippen molar-refractivity contribution in [1.29, 1.82) is 0 Å². The SMILES string of the molecule is CC(C)=CCN1c2cc(Br)ccc2[C@]2(CC=C(C)C)CCN(C)[C@H]12. The summed E-state index contributed by atoms with van der Waals surface area (Å²) < 4.78 is 1.17. The number of nitrogens with zero attached hydrogens (tertiary/aromatic N) is 2. The summed E-state index contributed by atoms with van der Waals surface area (Å²) in [6.45, 7) is 10.9. The Morgan fingerprint density at radius 1 is 1.21 bits per heavy atom. The molecule has 24 heavy (non-hydrogen) atoms. The number of hydrogen-bond donors (Lipinski definition) is 0. The number of rotatable bonds is 4. The molecule has 2 aliphatic rings. The van der Waals surface area contributed by atoms with Gasteiger partial charge >= 0.3 is 0 Å². The molecule has 0 N–H and O–H groups in total. The summed E-state index contributed by atoms with van der Waals surface area (Å²) in [4.78, 5) is 5.16. The van der Waals surface area contributed by atoms with Gasteiger partial charge in [-0.15, -0.1) is 0 Å². The van der Waals surface area contributed by atoms with Gasteiger partial charge in [-0.2, -0.15) is 0 Å². The molecule has 0 spiro atoms. The van der Waals surface area contributed by atoms with Gasteiger partial charge in [-0.25, -0.2) is 0 Å². The molecule has 0 saturated carbocycles. The van der Waals surface area contributed by atoms with E-state index in [-0.39, 0.29) is 5.41 Å². The molecule has 0 unspecified atom stereocenters. The molecule has 0 aromatic heterocycles. The van der Waals surface area contributed by atoms with Gasteiger partial charge in [-0.1, -0.05) is 45.3 Å². The van der Waals surface area contributed by atoms with Crippen molar-refractivity contribution in [2.75, 3.05) is 25.0 Å². The third-order valence-electron chi connectivity index (χ3n) is 5.49. The van der Waals surface area contributed by atoms with Gasteiger partial charge in [0.2, 0.25) is 0 Å². The maximum Gasteiger partial charge on any atom is 0.0923 e. The van der Waals surface area contributed by atoms with Gasteiger partial charge in [0.25, 0.3) is 0 Å². The Hall–Kier alpha value is -1.06. The Bertz CT molecular complexity index is 683. The quantitative estimate of drug-likeness (QED) is 0.628. The van der Waals surface area contributed by atoms with Crippen LogP contribution in [0.4, 0.5) is 5.69 Å². The number of likely N-dealkylation sites (N-methyl/N-ethyl adjacent to an activating group) is 1. The summed E-state index contributed by atoms with van der Waals surface area (Å²) >= 11 is 3.68. The highest BCUT2D eigenvalue weighted by molar-refractivity contribution is 9.10. The number of anilines is 1. The van der Waals surface area contributed by atoms with Crippen LogP contribution in [0.5, 0.6) is 0 Å². The van der Waals surface area contributed by atoms with Crippen molar-refractivity contribution in [3.8, 4) is 0 Å². The fourth-order valence-corrected chi connectivity index (χ4v) is 4.69. The first kappa shape index (κ1) is 17.8. The van der Waals surface area contributed by atoms with Crippen molar-refractivity contribution < 1.29 is 0 Å². The van der Waals surface area contributed by atoms with E-state index in [1.807, 2.05) is 0 Å². The first-order chi connectivity index (χ1) is 11.3. The molecule has 1 aromatic rings. The van der Waals surface area contributed by atoms with Crippen LogP contribution in [0.25, 0.3) is 0 Å². The molecule has 3 rings (SSSR count). The van der Waals surface area contributed by atoms with E-state index in [0.29, 0.717) is 6.17 Å². The Morgan fingerprint density at radius 2 is 1.92 bits per heavy atom. The Morgan fingerprint density at radius 3 is 2.58 bits per heavy atom. The average molecular weight is 389 g/mol. The lowest BCUT2D eigenvalue weighted by molar-refractivity contribution is 0.254. The highest BCUT2D eigenvalue weighted by Crippen LogP contribution is 2.54. The molecule has 130 valence electrons. The van der Waals surface area contributed by atoms with Crippen molar-refractivity contribution >= 4 is 21.6 Å². The monoisotopic (exact) mass is 388 g/mol. The van der Waals surface area contributed by atoms with Crippen LogP contribution in [0.2, 0.25) is 0 Å². The summed E-state index contributed by atoms with van der Waals surface area (Å²) in [5.41, 5.74) is 5.95. The first-order valence-electron chi connectivity index (χ1n) is 8.89. The first-order valence-corrected chi connectivity index (χ1v) is 9.68. The fraction of sp³-hybridized carbons (Fsp3) is 0.524. The van der Waals surface area contributed by atoms with Gasteiger partial charge in [0.05, 0.1) is 6.17 Å². The van der Waals surface area contributed by atoms with E-state index in [4.69, 9.17) is 0 Å². The summed E-state index contributed by atoms with van der Waals surface area (Å²) in [5, 5.41) is 0. The molecule has 0 bridgehead atoms. The lowest BCUT2D eigenvalue weighted by Crippen LogP contribution is -2.48. The Balaban J connectivity index is 2.11. The molecule has 2 heterocycles. The number of halogens is 1. The summed E-state index contributed by atoms with van der Waals surface area (Å²) in [6, 6.07) is 6.88.